The van der Waals surface area contributed by atoms with E-state index in [0.717, 1.165) is 21.4 Å². The van der Waals surface area contributed by atoms with E-state index in [-0.39, 0.29) is 0 Å². The van der Waals surface area contributed by atoms with Crippen molar-refractivity contribution in [3.8, 4) is 23.2 Å². The number of hydrogen-bond donors (Lipinski definition) is 0. The molecule has 0 amide bonds. The van der Waals surface area contributed by atoms with Crippen LogP contribution in [0.3, 0.4) is 0 Å². The molecular formula is C38H70P. The fraction of sp³-hybridized carbons (Fsp3) is 0.895. The predicted octanol–water partition coefficient (Wildman–Crippen LogP) is 14.4. The van der Waals surface area contributed by atoms with Crippen LogP contribution in [0.1, 0.15) is 219 Å². The third kappa shape index (κ3) is 37.5. The molecule has 39 heavy (non-hydrogen) atoms. The van der Waals surface area contributed by atoms with Crippen LogP contribution < -0.4 is 0 Å². The van der Waals surface area contributed by atoms with Crippen LogP contribution in [-0.2, 0) is 0 Å². The van der Waals surface area contributed by atoms with Crippen molar-refractivity contribution in [3.05, 3.63) is 0 Å². The van der Waals surface area contributed by atoms with Gasteiger partial charge in [-0.05, 0) is 12.8 Å². The van der Waals surface area contributed by atoms with Crippen LogP contribution in [0.15, 0.2) is 0 Å². The molecule has 0 saturated carbocycles. The Morgan fingerprint density at radius 2 is 0.487 bits per heavy atom. The summed E-state index contributed by atoms with van der Waals surface area (Å²) >= 11 is 0. The van der Waals surface area contributed by atoms with Crippen molar-refractivity contribution in [3.63, 3.8) is 0 Å². The number of rotatable bonds is 30. The summed E-state index contributed by atoms with van der Waals surface area (Å²) in [5.41, 5.74) is 6.48. The van der Waals surface area contributed by atoms with Gasteiger partial charge in [0.25, 0.3) is 0 Å². The summed E-state index contributed by atoms with van der Waals surface area (Å²) < 4.78 is 0. The van der Waals surface area contributed by atoms with Gasteiger partial charge in [-0.15, -0.1) is 0 Å². The second-order valence-electron chi connectivity index (χ2n) is 12.1. The average molecular weight is 558 g/mol. The molecule has 1 radical (unpaired) electrons. The highest BCUT2D eigenvalue weighted by molar-refractivity contribution is 7.49. The molecule has 0 unspecified atom stereocenters. The maximum atomic E-state index is 3.32. The van der Waals surface area contributed by atoms with Gasteiger partial charge in [0.05, 0.1) is 8.58 Å². The standard InChI is InChI=1S/C38H70P/c1-3-5-7-9-11-13-15-17-19-21-23-25-27-29-31-33-35-37-39-38-36-34-32-30-28-26-24-22-20-18-16-14-12-10-8-6-4-2/h3-34H2,1-2H3. The summed E-state index contributed by atoms with van der Waals surface area (Å²) in [6, 6.07) is 0. The van der Waals surface area contributed by atoms with E-state index in [4.69, 9.17) is 0 Å². The molecule has 0 aromatic heterocycles. The second-order valence-corrected chi connectivity index (χ2v) is 12.8. The van der Waals surface area contributed by atoms with E-state index in [9.17, 15) is 0 Å². The highest BCUT2D eigenvalue weighted by Crippen LogP contribution is 2.15. The molecule has 227 valence electrons. The molecule has 0 nitrogen and oxygen atoms in total. The summed E-state index contributed by atoms with van der Waals surface area (Å²) in [7, 11) is 1.02. The monoisotopic (exact) mass is 558 g/mol. The van der Waals surface area contributed by atoms with Crippen LogP contribution in [0.25, 0.3) is 0 Å². The normalized spacial score (nSPS) is 10.7. The summed E-state index contributed by atoms with van der Waals surface area (Å²) in [4.78, 5) is 0. The van der Waals surface area contributed by atoms with Crippen molar-refractivity contribution in [2.45, 2.75) is 219 Å². The molecule has 0 spiro atoms. The predicted molar refractivity (Wildman–Crippen MR) is 182 cm³/mol. The SMILES string of the molecule is CCCCCCCCCCCCCCCCCC#C[P]C#CCCCCCCCCCCCCCCCCC. The molecule has 0 aliphatic carbocycles. The van der Waals surface area contributed by atoms with Crippen molar-refractivity contribution in [2.75, 3.05) is 0 Å². The van der Waals surface area contributed by atoms with Crippen LogP contribution >= 0.6 is 8.58 Å². The first-order chi connectivity index (χ1) is 19.4. The molecule has 1 heteroatoms. The van der Waals surface area contributed by atoms with E-state index < -0.39 is 0 Å². The lowest BCUT2D eigenvalue weighted by Crippen LogP contribution is -1.83. The van der Waals surface area contributed by atoms with E-state index in [1.807, 2.05) is 0 Å². The van der Waals surface area contributed by atoms with Crippen LogP contribution in [0.4, 0.5) is 0 Å². The van der Waals surface area contributed by atoms with Gasteiger partial charge >= 0.3 is 0 Å². The van der Waals surface area contributed by atoms with Gasteiger partial charge in [0.2, 0.25) is 0 Å². The number of hydrogen-bond acceptors (Lipinski definition) is 0. The Morgan fingerprint density at radius 3 is 0.718 bits per heavy atom. The van der Waals surface area contributed by atoms with Gasteiger partial charge in [-0.25, -0.2) is 0 Å². The molecule has 0 heterocycles. The van der Waals surface area contributed by atoms with Crippen LogP contribution in [-0.4, -0.2) is 0 Å². The molecule has 0 atom stereocenters. The van der Waals surface area contributed by atoms with Crippen LogP contribution in [0, 0.1) is 23.2 Å². The van der Waals surface area contributed by atoms with Gasteiger partial charge in [0.1, 0.15) is 0 Å². The third-order valence-corrected chi connectivity index (χ3v) is 8.62. The highest BCUT2D eigenvalue weighted by atomic mass is 31.1. The number of unbranched alkanes of at least 4 members (excludes halogenated alkanes) is 30. The Balaban J connectivity index is 3.19. The Kier molecular flexibility index (Phi) is 37.1. The lowest BCUT2D eigenvalue weighted by Gasteiger charge is -2.03. The van der Waals surface area contributed by atoms with Crippen molar-refractivity contribution in [1.29, 1.82) is 0 Å². The zero-order valence-electron chi connectivity index (χ0n) is 27.1. The first kappa shape index (κ1) is 38.5. The van der Waals surface area contributed by atoms with E-state index in [0.29, 0.717) is 0 Å². The lowest BCUT2D eigenvalue weighted by molar-refractivity contribution is 0.533. The van der Waals surface area contributed by atoms with Crippen molar-refractivity contribution < 1.29 is 0 Å². The molecule has 0 saturated heterocycles. The summed E-state index contributed by atoms with van der Waals surface area (Å²) in [5.74, 6) is 6.65. The van der Waals surface area contributed by atoms with Crippen molar-refractivity contribution in [1.82, 2.24) is 0 Å². The Bertz CT molecular complexity index is 507. The van der Waals surface area contributed by atoms with E-state index in [1.54, 1.807) is 0 Å². The van der Waals surface area contributed by atoms with Crippen molar-refractivity contribution in [2.24, 2.45) is 0 Å². The van der Waals surface area contributed by atoms with Gasteiger partial charge in [-0.2, -0.15) is 0 Å². The minimum absolute atomic E-state index is 1.02. The van der Waals surface area contributed by atoms with Gasteiger partial charge in [-0.1, -0.05) is 217 Å². The van der Waals surface area contributed by atoms with Gasteiger partial charge in [0.15, 0.2) is 0 Å². The molecule has 0 bridgehead atoms. The van der Waals surface area contributed by atoms with Gasteiger partial charge < -0.3 is 0 Å². The van der Waals surface area contributed by atoms with Gasteiger partial charge in [0, 0.05) is 12.8 Å². The second kappa shape index (κ2) is 37.6. The largest absolute Gasteiger partial charge is 0.0995 e. The fourth-order valence-corrected chi connectivity index (χ4v) is 5.83. The van der Waals surface area contributed by atoms with Crippen LogP contribution in [0.5, 0.6) is 0 Å². The molecular weight excluding hydrogens is 487 g/mol. The van der Waals surface area contributed by atoms with Crippen LogP contribution in [0.2, 0.25) is 0 Å². The molecule has 0 aromatic rings. The molecule has 0 aromatic carbocycles. The van der Waals surface area contributed by atoms with Crippen molar-refractivity contribution >= 4 is 8.58 Å². The van der Waals surface area contributed by atoms with Gasteiger partial charge in [-0.3, -0.25) is 0 Å². The fourth-order valence-electron chi connectivity index (χ4n) is 5.39. The maximum Gasteiger partial charge on any atom is 0.0995 e. The quantitative estimate of drug-likeness (QED) is 0.0468. The maximum absolute atomic E-state index is 3.32. The Morgan fingerprint density at radius 1 is 0.282 bits per heavy atom. The first-order valence-corrected chi connectivity index (χ1v) is 19.0. The Labute approximate surface area is 250 Å². The molecule has 0 aliphatic rings. The molecule has 0 aliphatic heterocycles. The summed E-state index contributed by atoms with van der Waals surface area (Å²) in [6.07, 6.45) is 44.9. The zero-order valence-corrected chi connectivity index (χ0v) is 28.0. The third-order valence-electron chi connectivity index (χ3n) is 8.08. The lowest BCUT2D eigenvalue weighted by atomic mass is 10.0. The molecule has 0 rings (SSSR count). The van der Waals surface area contributed by atoms with E-state index in [2.05, 4.69) is 37.0 Å². The smallest absolute Gasteiger partial charge is 0.0972 e. The highest BCUT2D eigenvalue weighted by Gasteiger charge is 1.95. The average Bonchev–Trinajstić information content (AvgIpc) is 2.95. The zero-order chi connectivity index (χ0) is 28.2. The minimum atomic E-state index is 1.02. The van der Waals surface area contributed by atoms with E-state index in [1.165, 1.54) is 193 Å². The van der Waals surface area contributed by atoms with E-state index >= 15 is 0 Å². The minimum Gasteiger partial charge on any atom is -0.0972 e. The summed E-state index contributed by atoms with van der Waals surface area (Å²) in [5, 5.41) is 0. The summed E-state index contributed by atoms with van der Waals surface area (Å²) in [6.45, 7) is 4.60. The topological polar surface area (TPSA) is 0 Å². The first-order valence-electron chi connectivity index (χ1n) is 18.1. The molecule has 0 fully saturated rings. The Hall–Kier alpha value is -0.450. The molecule has 0 N–H and O–H groups in total.